The van der Waals surface area contributed by atoms with Crippen molar-refractivity contribution in [3.63, 3.8) is 0 Å². The number of likely N-dealkylation sites (tertiary alicyclic amines) is 1. The summed E-state index contributed by atoms with van der Waals surface area (Å²) in [5.74, 6) is 1.10. The summed E-state index contributed by atoms with van der Waals surface area (Å²) in [7, 11) is 0. The average Bonchev–Trinajstić information content (AvgIpc) is 3.29. The predicted molar refractivity (Wildman–Crippen MR) is 147 cm³/mol. The van der Waals surface area contributed by atoms with E-state index in [1.807, 2.05) is 12.1 Å². The molecule has 2 aliphatic rings. The number of halogens is 2. The molecule has 3 heterocycles. The van der Waals surface area contributed by atoms with Gasteiger partial charge in [0.25, 0.3) is 0 Å². The van der Waals surface area contributed by atoms with Crippen molar-refractivity contribution in [2.75, 3.05) is 19.6 Å². The van der Waals surface area contributed by atoms with E-state index in [2.05, 4.69) is 26.4 Å². The van der Waals surface area contributed by atoms with E-state index in [4.69, 9.17) is 23.2 Å². The number of carbonyl (C=O) groups excluding carboxylic acids is 1. The molecular formula is C28H32Cl2N4O2. The number of H-pyrrole nitrogens is 2. The van der Waals surface area contributed by atoms with Crippen molar-refractivity contribution >= 4 is 46.2 Å². The minimum absolute atomic E-state index is 0.0462. The smallest absolute Gasteiger partial charge is 0.248 e. The minimum atomic E-state index is -0.0646. The van der Waals surface area contributed by atoms with Crippen molar-refractivity contribution in [3.8, 4) is 0 Å². The number of aromatic amines is 2. The van der Waals surface area contributed by atoms with Gasteiger partial charge in [0.2, 0.25) is 11.5 Å². The molecule has 3 aromatic rings. The van der Waals surface area contributed by atoms with E-state index >= 15 is 0 Å². The number of aromatic nitrogens is 2. The number of benzene rings is 1. The van der Waals surface area contributed by atoms with Gasteiger partial charge >= 0.3 is 0 Å². The quantitative estimate of drug-likeness (QED) is 0.358. The van der Waals surface area contributed by atoms with Crippen LogP contribution in [0.5, 0.6) is 0 Å². The van der Waals surface area contributed by atoms with Crippen LogP contribution in [-0.2, 0) is 4.79 Å². The number of nitrogens with one attached hydrogen (secondary N) is 3. The first kappa shape index (κ1) is 25.1. The van der Waals surface area contributed by atoms with Crippen molar-refractivity contribution < 1.29 is 4.79 Å². The van der Waals surface area contributed by atoms with Gasteiger partial charge in [0.15, 0.2) is 0 Å². The average molecular weight is 527 g/mol. The Morgan fingerprint density at radius 3 is 2.56 bits per heavy atom. The number of piperidine rings is 1. The first-order valence-corrected chi connectivity index (χ1v) is 13.6. The fourth-order valence-corrected chi connectivity index (χ4v) is 6.00. The maximum atomic E-state index is 12.4. The molecule has 1 aliphatic heterocycles. The highest BCUT2D eigenvalue weighted by Gasteiger charge is 2.27. The van der Waals surface area contributed by atoms with Gasteiger partial charge in [-0.2, -0.15) is 0 Å². The molecule has 0 unspecified atom stereocenters. The molecule has 3 N–H and O–H groups in total. The second-order valence-electron chi connectivity index (χ2n) is 10.2. The van der Waals surface area contributed by atoms with Gasteiger partial charge in [0.1, 0.15) is 0 Å². The molecule has 2 fully saturated rings. The largest absolute Gasteiger partial charge is 0.360 e. The van der Waals surface area contributed by atoms with Crippen LogP contribution >= 0.6 is 23.2 Å². The highest BCUT2D eigenvalue weighted by atomic mass is 35.5. The van der Waals surface area contributed by atoms with Gasteiger partial charge in [0.05, 0.1) is 21.1 Å². The molecule has 1 saturated heterocycles. The van der Waals surface area contributed by atoms with Gasteiger partial charge < -0.3 is 20.2 Å². The summed E-state index contributed by atoms with van der Waals surface area (Å²) in [6, 6.07) is 8.99. The Hall–Kier alpha value is -2.54. The van der Waals surface area contributed by atoms with E-state index in [-0.39, 0.29) is 17.5 Å². The van der Waals surface area contributed by atoms with Gasteiger partial charge in [0, 0.05) is 30.9 Å². The zero-order valence-electron chi connectivity index (χ0n) is 20.2. The van der Waals surface area contributed by atoms with Crippen LogP contribution in [0.2, 0.25) is 10.0 Å². The van der Waals surface area contributed by atoms with E-state index in [9.17, 15) is 9.59 Å². The molecule has 0 spiro atoms. The Morgan fingerprint density at radius 2 is 1.81 bits per heavy atom. The minimum Gasteiger partial charge on any atom is -0.360 e. The van der Waals surface area contributed by atoms with E-state index in [0.717, 1.165) is 74.8 Å². The van der Waals surface area contributed by atoms with Gasteiger partial charge in [-0.1, -0.05) is 29.3 Å². The molecular weight excluding hydrogens is 495 g/mol. The fourth-order valence-electron chi connectivity index (χ4n) is 5.69. The lowest BCUT2D eigenvalue weighted by Crippen LogP contribution is -2.41. The Balaban J connectivity index is 1.05. The number of pyridine rings is 1. The summed E-state index contributed by atoms with van der Waals surface area (Å²) in [5, 5.41) is 4.14. The van der Waals surface area contributed by atoms with Crippen molar-refractivity contribution in [2.45, 2.75) is 50.5 Å². The van der Waals surface area contributed by atoms with Crippen LogP contribution in [-0.4, -0.2) is 46.5 Å². The molecule has 1 aromatic carbocycles. The number of rotatable bonds is 6. The Labute approximate surface area is 221 Å². The number of amides is 1. The summed E-state index contributed by atoms with van der Waals surface area (Å²) >= 11 is 12.0. The summed E-state index contributed by atoms with van der Waals surface area (Å²) < 4.78 is 0. The second-order valence-corrected chi connectivity index (χ2v) is 11.0. The molecule has 0 atom stereocenters. The number of nitrogens with zero attached hydrogens (tertiary/aromatic N) is 1. The van der Waals surface area contributed by atoms with E-state index in [0.29, 0.717) is 21.9 Å². The lowest BCUT2D eigenvalue weighted by Gasteiger charge is -2.36. The van der Waals surface area contributed by atoms with Gasteiger partial charge in [-0.05, 0) is 98.9 Å². The van der Waals surface area contributed by atoms with Crippen LogP contribution in [0.25, 0.3) is 17.1 Å². The lowest BCUT2D eigenvalue weighted by atomic mass is 9.84. The fraction of sp³-hybridized carbons (Fsp3) is 0.429. The molecule has 0 bridgehead atoms. The zero-order valence-corrected chi connectivity index (χ0v) is 21.7. The SMILES string of the molecule is O=C(C=Cc1ccc(Cl)c(Cl)c1)N[C@H]1CC[C@@H](CN2CCC(c3c[nH]c4ccc(=O)[nH]c34)CC2)CC1. The molecule has 1 amide bonds. The number of carbonyl (C=O) groups is 1. The molecule has 2 aromatic heterocycles. The third-order valence-corrected chi connectivity index (χ3v) is 8.44. The maximum absolute atomic E-state index is 12.4. The number of hydrogen-bond donors (Lipinski definition) is 3. The summed E-state index contributed by atoms with van der Waals surface area (Å²) in [5.41, 5.74) is 4.01. The molecule has 6 nitrogen and oxygen atoms in total. The van der Waals surface area contributed by atoms with Crippen LogP contribution in [0, 0.1) is 5.92 Å². The topological polar surface area (TPSA) is 81.0 Å². The molecule has 8 heteroatoms. The number of fused-ring (bicyclic) bond motifs is 1. The molecule has 0 radical (unpaired) electrons. The van der Waals surface area contributed by atoms with Crippen LogP contribution in [0.3, 0.4) is 0 Å². The zero-order chi connectivity index (χ0) is 25.1. The lowest BCUT2D eigenvalue weighted by molar-refractivity contribution is -0.117. The molecule has 36 heavy (non-hydrogen) atoms. The highest BCUT2D eigenvalue weighted by Crippen LogP contribution is 2.33. The summed E-state index contributed by atoms with van der Waals surface area (Å²) in [6.07, 6.45) is 12.0. The van der Waals surface area contributed by atoms with E-state index in [1.165, 1.54) is 5.56 Å². The highest BCUT2D eigenvalue weighted by molar-refractivity contribution is 6.42. The van der Waals surface area contributed by atoms with Crippen molar-refractivity contribution in [3.05, 3.63) is 74.1 Å². The van der Waals surface area contributed by atoms with Gasteiger partial charge in [-0.25, -0.2) is 0 Å². The van der Waals surface area contributed by atoms with Gasteiger partial charge in [-0.15, -0.1) is 0 Å². The molecule has 5 rings (SSSR count). The third-order valence-electron chi connectivity index (χ3n) is 7.70. The van der Waals surface area contributed by atoms with E-state index < -0.39 is 0 Å². The molecule has 1 aliphatic carbocycles. The Kier molecular flexibility index (Phi) is 7.85. The van der Waals surface area contributed by atoms with Crippen LogP contribution in [0.1, 0.15) is 55.6 Å². The van der Waals surface area contributed by atoms with E-state index in [1.54, 1.807) is 30.4 Å². The van der Waals surface area contributed by atoms with Crippen molar-refractivity contribution in [2.24, 2.45) is 5.92 Å². The van der Waals surface area contributed by atoms with Crippen molar-refractivity contribution in [1.82, 2.24) is 20.2 Å². The Bertz CT molecular complexity index is 1300. The first-order valence-electron chi connectivity index (χ1n) is 12.8. The number of hydrogen-bond acceptors (Lipinski definition) is 3. The summed E-state index contributed by atoms with van der Waals surface area (Å²) in [4.78, 5) is 33.0. The maximum Gasteiger partial charge on any atom is 0.248 e. The van der Waals surface area contributed by atoms with Crippen LogP contribution in [0.15, 0.2) is 47.4 Å². The standard InChI is InChI=1S/C28H32Cl2N4O2/c29-23-7-3-18(15-24(23)30)4-9-26(35)32-21-5-1-19(2-6-21)17-34-13-11-20(12-14-34)22-16-31-25-8-10-27(36)33-28(22)25/h3-4,7-10,15-16,19-21,31H,1-2,5-6,11-14,17H2,(H,32,35)(H,33,36)/t19-,21+. The van der Waals surface area contributed by atoms with Crippen molar-refractivity contribution in [1.29, 1.82) is 0 Å². The predicted octanol–water partition coefficient (Wildman–Crippen LogP) is 5.73. The van der Waals surface area contributed by atoms with Gasteiger partial charge in [-0.3, -0.25) is 9.59 Å². The molecule has 1 saturated carbocycles. The van der Waals surface area contributed by atoms with Crippen LogP contribution < -0.4 is 10.9 Å². The third kappa shape index (κ3) is 6.05. The summed E-state index contributed by atoms with van der Waals surface area (Å²) in [6.45, 7) is 3.31. The monoisotopic (exact) mass is 526 g/mol. The second kappa shape index (κ2) is 11.2. The normalized spacial score (nSPS) is 21.8. The van der Waals surface area contributed by atoms with Crippen LogP contribution in [0.4, 0.5) is 0 Å². The molecule has 190 valence electrons. The Morgan fingerprint density at radius 1 is 1.03 bits per heavy atom. The first-order chi connectivity index (χ1) is 17.4.